The van der Waals surface area contributed by atoms with Gasteiger partial charge in [0, 0.05) is 11.5 Å². The molecule has 6 rings (SSSR count). The summed E-state index contributed by atoms with van der Waals surface area (Å²) in [6.07, 6.45) is 11.3. The largest absolute Gasteiger partial charge is 0.497 e. The first-order valence-corrected chi connectivity index (χ1v) is 17.0. The predicted molar refractivity (Wildman–Crippen MR) is 176 cm³/mol. The number of ether oxygens (including phenoxy) is 2. The molecule has 0 heterocycles. The number of hydrogen-bond acceptors (Lipinski definition) is 4. The molecule has 5 saturated carbocycles. The van der Waals surface area contributed by atoms with Gasteiger partial charge in [-0.25, -0.2) is 0 Å². The van der Waals surface area contributed by atoms with Crippen LogP contribution in [0.1, 0.15) is 105 Å². The summed E-state index contributed by atoms with van der Waals surface area (Å²) in [5.74, 6) is 3.62. The Kier molecular flexibility index (Phi) is 7.30. The second kappa shape index (κ2) is 10.2. The molecule has 9 atom stereocenters. The molecule has 5 aliphatic rings. The van der Waals surface area contributed by atoms with E-state index in [-0.39, 0.29) is 33.4 Å². The lowest BCUT2D eigenvalue weighted by Gasteiger charge is -2.72. The molecule has 0 saturated heterocycles. The third kappa shape index (κ3) is 4.09. The van der Waals surface area contributed by atoms with E-state index in [1.807, 2.05) is 18.2 Å². The van der Waals surface area contributed by atoms with E-state index in [1.54, 1.807) is 14.2 Å². The quantitative estimate of drug-likeness (QED) is 0.271. The van der Waals surface area contributed by atoms with Crippen molar-refractivity contribution < 1.29 is 19.1 Å². The Balaban J connectivity index is 1.41. The third-order valence-corrected chi connectivity index (χ3v) is 14.9. The van der Waals surface area contributed by atoms with Crippen LogP contribution >= 0.6 is 0 Å². The van der Waals surface area contributed by atoms with Gasteiger partial charge in [-0.3, -0.25) is 9.59 Å². The predicted octanol–water partition coefficient (Wildman–Crippen LogP) is 8.41. The fourth-order valence-electron chi connectivity index (χ4n) is 12.7. The Morgan fingerprint density at radius 1 is 0.886 bits per heavy atom. The number of primary amides is 1. The van der Waals surface area contributed by atoms with Crippen LogP contribution in [0.5, 0.6) is 11.5 Å². The van der Waals surface area contributed by atoms with E-state index in [2.05, 4.69) is 54.2 Å². The Morgan fingerprint density at radius 3 is 2.14 bits per heavy atom. The number of hydrogen-bond donors (Lipinski definition) is 1. The van der Waals surface area contributed by atoms with Crippen LogP contribution in [0.2, 0.25) is 0 Å². The lowest BCUT2D eigenvalue weighted by molar-refractivity contribution is -0.229. The van der Waals surface area contributed by atoms with E-state index in [0.717, 1.165) is 80.4 Å². The third-order valence-electron chi connectivity index (χ3n) is 14.9. The minimum Gasteiger partial charge on any atom is -0.497 e. The second-order valence-corrected chi connectivity index (χ2v) is 16.7. The lowest BCUT2D eigenvalue weighted by atomic mass is 9.32. The zero-order valence-electron chi connectivity index (χ0n) is 28.5. The van der Waals surface area contributed by atoms with Crippen molar-refractivity contribution in [2.45, 2.75) is 99.3 Å². The number of allylic oxidation sites excluding steroid dienone is 2. The van der Waals surface area contributed by atoms with Crippen molar-refractivity contribution >= 4 is 17.8 Å². The first-order chi connectivity index (χ1) is 20.6. The van der Waals surface area contributed by atoms with E-state index in [9.17, 15) is 9.59 Å². The van der Waals surface area contributed by atoms with Gasteiger partial charge in [-0.1, -0.05) is 46.8 Å². The summed E-state index contributed by atoms with van der Waals surface area (Å²) in [5.41, 5.74) is 8.78. The number of Topliss-reactive ketones (excluding diaryl/α,β-unsaturated/α-hetero) is 1. The maximum atomic E-state index is 14.2. The van der Waals surface area contributed by atoms with Crippen LogP contribution in [0.15, 0.2) is 35.9 Å². The van der Waals surface area contributed by atoms with Gasteiger partial charge in [0.1, 0.15) is 11.5 Å². The van der Waals surface area contributed by atoms with Crippen LogP contribution in [0.25, 0.3) is 6.08 Å². The van der Waals surface area contributed by atoms with Crippen molar-refractivity contribution in [2.75, 3.05) is 14.2 Å². The van der Waals surface area contributed by atoms with Crippen molar-refractivity contribution in [1.29, 1.82) is 0 Å². The molecule has 240 valence electrons. The zero-order valence-corrected chi connectivity index (χ0v) is 28.5. The summed E-state index contributed by atoms with van der Waals surface area (Å²) in [5, 5.41) is 0. The Morgan fingerprint density at radius 2 is 1.55 bits per heavy atom. The summed E-state index contributed by atoms with van der Waals surface area (Å²) in [6, 6.07) is 5.86. The lowest BCUT2D eigenvalue weighted by Crippen LogP contribution is -2.67. The number of ketones is 1. The van der Waals surface area contributed by atoms with Gasteiger partial charge in [0.25, 0.3) is 0 Å². The fourth-order valence-corrected chi connectivity index (χ4v) is 12.7. The smallest absolute Gasteiger partial charge is 0.223 e. The van der Waals surface area contributed by atoms with E-state index in [1.165, 1.54) is 5.57 Å². The highest BCUT2D eigenvalue weighted by Crippen LogP contribution is 2.77. The maximum Gasteiger partial charge on any atom is 0.223 e. The SMILES string of the molecule is C=C(C)[C@@H]1CC[C@]2(C(N)=O)CC[C@]3(C)[C@H](CC[C@@H]4[C@@]5(C)C/C(=C/c6cc(OC)cc(OC)c6)C(=O)C(C)(C)[C@@H]5CC[C@]43C)[C@@H]12. The molecule has 0 spiro atoms. The number of amides is 1. The molecule has 5 aliphatic carbocycles. The number of fused-ring (bicyclic) bond motifs is 7. The molecule has 5 fully saturated rings. The molecular weight excluding hydrogens is 546 g/mol. The average molecular weight is 602 g/mol. The molecule has 2 N–H and O–H groups in total. The van der Waals surface area contributed by atoms with Crippen LogP contribution in [0.4, 0.5) is 0 Å². The van der Waals surface area contributed by atoms with Crippen molar-refractivity contribution in [3.63, 3.8) is 0 Å². The van der Waals surface area contributed by atoms with Gasteiger partial charge in [-0.2, -0.15) is 0 Å². The van der Waals surface area contributed by atoms with Crippen molar-refractivity contribution in [1.82, 2.24) is 0 Å². The topological polar surface area (TPSA) is 78.6 Å². The highest BCUT2D eigenvalue weighted by atomic mass is 16.5. The van der Waals surface area contributed by atoms with Gasteiger partial charge < -0.3 is 15.2 Å². The maximum absolute atomic E-state index is 14.2. The summed E-state index contributed by atoms with van der Waals surface area (Å²) in [6.45, 7) is 18.7. The molecular formula is C39H55NO4. The normalized spacial score (nSPS) is 43.3. The van der Waals surface area contributed by atoms with Crippen molar-refractivity contribution in [2.24, 2.45) is 62.4 Å². The summed E-state index contributed by atoms with van der Waals surface area (Å²) in [4.78, 5) is 27.4. The van der Waals surface area contributed by atoms with Crippen LogP contribution in [0, 0.1) is 56.7 Å². The minimum absolute atomic E-state index is 0.00513. The molecule has 1 aromatic rings. The molecule has 5 nitrogen and oxygen atoms in total. The Hall–Kier alpha value is -2.56. The molecule has 0 bridgehead atoms. The van der Waals surface area contributed by atoms with Gasteiger partial charge in [-0.05, 0) is 140 Å². The molecule has 0 aromatic heterocycles. The number of nitrogens with two attached hydrogens (primary N) is 1. The first-order valence-electron chi connectivity index (χ1n) is 17.0. The van der Waals surface area contributed by atoms with E-state index < -0.39 is 5.41 Å². The number of carbonyl (C=O) groups excluding carboxylic acids is 2. The van der Waals surface area contributed by atoms with E-state index in [0.29, 0.717) is 29.6 Å². The molecule has 44 heavy (non-hydrogen) atoms. The van der Waals surface area contributed by atoms with Crippen molar-refractivity contribution in [3.8, 4) is 11.5 Å². The highest BCUT2D eigenvalue weighted by Gasteiger charge is 2.72. The summed E-state index contributed by atoms with van der Waals surface area (Å²) in [7, 11) is 3.32. The number of methoxy groups -OCH3 is 2. The zero-order chi connectivity index (χ0) is 32.0. The molecule has 0 radical (unpaired) electrons. The second-order valence-electron chi connectivity index (χ2n) is 16.7. The number of benzene rings is 1. The molecule has 1 amide bonds. The van der Waals surface area contributed by atoms with Gasteiger partial charge >= 0.3 is 0 Å². The van der Waals surface area contributed by atoms with Gasteiger partial charge in [0.15, 0.2) is 5.78 Å². The van der Waals surface area contributed by atoms with Crippen LogP contribution in [0.3, 0.4) is 0 Å². The van der Waals surface area contributed by atoms with Gasteiger partial charge in [0.2, 0.25) is 5.91 Å². The Bertz CT molecular complexity index is 1400. The summed E-state index contributed by atoms with van der Waals surface area (Å²) < 4.78 is 11.1. The molecule has 5 heteroatoms. The Labute approximate surface area is 265 Å². The molecule has 0 aliphatic heterocycles. The standard InChI is InChI=1S/C39H55NO4/c1-23(2)28-12-15-39(34(40)42)17-16-37(6)29(32(28)39)10-11-31-36(5)22-25(18-24-19-26(43-8)21-27(20-24)44-9)33(41)35(3,4)30(36)13-14-38(31,37)7/h18-21,28-32H,1,10-17,22H2,2-9H3,(H2,40,42)/b25-18-/t28-,29+,30-,31+,32+,36-,37+,38+,39-/m0/s1. The fraction of sp³-hybridized carbons (Fsp3) is 0.692. The molecule has 0 unspecified atom stereocenters. The van der Waals surface area contributed by atoms with Gasteiger partial charge in [-0.15, -0.1) is 0 Å². The van der Waals surface area contributed by atoms with Crippen LogP contribution < -0.4 is 15.2 Å². The average Bonchev–Trinajstić information content (AvgIpc) is 3.37. The first kappa shape index (κ1) is 31.4. The van der Waals surface area contributed by atoms with E-state index in [4.69, 9.17) is 15.2 Å². The highest BCUT2D eigenvalue weighted by molar-refractivity contribution is 6.04. The minimum atomic E-state index is -0.439. The molecule has 1 aromatic carbocycles. The van der Waals surface area contributed by atoms with Gasteiger partial charge in [0.05, 0.1) is 19.6 Å². The number of carbonyl (C=O) groups is 2. The van der Waals surface area contributed by atoms with Crippen molar-refractivity contribution in [3.05, 3.63) is 41.5 Å². The van der Waals surface area contributed by atoms with Crippen LogP contribution in [-0.2, 0) is 9.59 Å². The summed E-state index contributed by atoms with van der Waals surface area (Å²) >= 11 is 0. The van der Waals surface area contributed by atoms with Crippen LogP contribution in [-0.4, -0.2) is 25.9 Å². The van der Waals surface area contributed by atoms with E-state index >= 15 is 0 Å². The monoisotopic (exact) mass is 601 g/mol. The number of rotatable bonds is 5.